The zero-order chi connectivity index (χ0) is 13.6. The Morgan fingerprint density at radius 2 is 1.79 bits per heavy atom. The molecular weight excluding hydrogens is 252 g/mol. The molecule has 7 nitrogen and oxygen atoms in total. The Hall–Kier alpha value is -2.44. The van der Waals surface area contributed by atoms with Crippen LogP contribution >= 0.6 is 0 Å². The summed E-state index contributed by atoms with van der Waals surface area (Å²) in [5.41, 5.74) is 0.0841. The van der Waals surface area contributed by atoms with Crippen LogP contribution < -0.4 is 24.5 Å². The third-order valence-corrected chi connectivity index (χ3v) is 2.91. The third-order valence-electron chi connectivity index (χ3n) is 2.91. The first-order valence-electron chi connectivity index (χ1n) is 5.61. The normalized spacial score (nSPS) is 12.8. The van der Waals surface area contributed by atoms with Gasteiger partial charge >= 0.3 is 0 Å². The Kier molecular flexibility index (Phi) is 2.48. The monoisotopic (exact) mass is 264 g/mol. The van der Waals surface area contributed by atoms with Crippen molar-refractivity contribution in [3.8, 4) is 23.0 Å². The van der Waals surface area contributed by atoms with Gasteiger partial charge in [0.15, 0.2) is 11.5 Å². The number of H-pyrrole nitrogens is 1. The largest absolute Gasteiger partial charge is 0.492 e. The van der Waals surface area contributed by atoms with Gasteiger partial charge in [-0.3, -0.25) is 4.79 Å². The van der Waals surface area contributed by atoms with E-state index in [0.717, 1.165) is 0 Å². The number of aromatic amines is 1. The fraction of sp³-hybridized carbons (Fsp3) is 0.333. The summed E-state index contributed by atoms with van der Waals surface area (Å²) in [4.78, 5) is 19.0. The number of fused-ring (bicyclic) bond motifs is 2. The Morgan fingerprint density at radius 3 is 2.42 bits per heavy atom. The molecular formula is C12H12N2O5. The number of methoxy groups -OCH3 is 2. The Balaban J connectivity index is 2.56. The lowest BCUT2D eigenvalue weighted by Gasteiger charge is -2.12. The van der Waals surface area contributed by atoms with E-state index in [1.807, 2.05) is 0 Å². The lowest BCUT2D eigenvalue weighted by atomic mass is 10.1. The van der Waals surface area contributed by atoms with Gasteiger partial charge in [0.05, 0.1) is 14.2 Å². The molecule has 2 aromatic rings. The molecule has 1 aliphatic rings. The molecule has 1 aromatic carbocycles. The quantitative estimate of drug-likeness (QED) is 0.870. The smallest absolute Gasteiger partial charge is 0.262 e. The van der Waals surface area contributed by atoms with Crippen molar-refractivity contribution in [2.75, 3.05) is 21.0 Å². The second-order valence-corrected chi connectivity index (χ2v) is 4.01. The van der Waals surface area contributed by atoms with E-state index in [1.165, 1.54) is 14.2 Å². The van der Waals surface area contributed by atoms with Crippen LogP contribution in [-0.2, 0) is 0 Å². The SMILES string of the molecule is COc1c2c(c(OC)c3c(=O)[nH]c(C)nc13)OCO2. The summed E-state index contributed by atoms with van der Waals surface area (Å²) < 4.78 is 21.3. The lowest BCUT2D eigenvalue weighted by molar-refractivity contribution is 0.169. The van der Waals surface area contributed by atoms with Gasteiger partial charge in [-0.25, -0.2) is 4.98 Å². The Labute approximate surface area is 108 Å². The van der Waals surface area contributed by atoms with Crippen molar-refractivity contribution >= 4 is 10.9 Å². The summed E-state index contributed by atoms with van der Waals surface area (Å²) in [6.45, 7) is 1.74. The van der Waals surface area contributed by atoms with Crippen molar-refractivity contribution in [2.24, 2.45) is 0 Å². The zero-order valence-corrected chi connectivity index (χ0v) is 10.7. The van der Waals surface area contributed by atoms with E-state index in [1.54, 1.807) is 6.92 Å². The van der Waals surface area contributed by atoms with Crippen LogP contribution in [0.3, 0.4) is 0 Å². The second kappa shape index (κ2) is 4.04. The molecule has 0 unspecified atom stereocenters. The summed E-state index contributed by atoms with van der Waals surface area (Å²) in [5.74, 6) is 1.93. The molecule has 0 spiro atoms. The number of aryl methyl sites for hydroxylation is 1. The molecule has 3 rings (SSSR count). The van der Waals surface area contributed by atoms with E-state index in [4.69, 9.17) is 18.9 Å². The summed E-state index contributed by atoms with van der Waals surface area (Å²) in [7, 11) is 2.95. The first-order valence-corrected chi connectivity index (χ1v) is 5.61. The predicted molar refractivity (Wildman–Crippen MR) is 66.3 cm³/mol. The van der Waals surface area contributed by atoms with E-state index in [2.05, 4.69) is 9.97 Å². The van der Waals surface area contributed by atoms with Gasteiger partial charge in [-0.15, -0.1) is 0 Å². The summed E-state index contributed by atoms with van der Waals surface area (Å²) in [6, 6.07) is 0. The highest BCUT2D eigenvalue weighted by Gasteiger charge is 2.30. The van der Waals surface area contributed by atoms with Crippen LogP contribution in [0, 0.1) is 6.92 Å². The summed E-state index contributed by atoms with van der Waals surface area (Å²) in [6.07, 6.45) is 0. The number of hydrogen-bond acceptors (Lipinski definition) is 6. The molecule has 0 radical (unpaired) electrons. The minimum atomic E-state index is -0.309. The molecule has 1 aromatic heterocycles. The van der Waals surface area contributed by atoms with Crippen molar-refractivity contribution in [3.63, 3.8) is 0 Å². The molecule has 19 heavy (non-hydrogen) atoms. The molecule has 7 heteroatoms. The fourth-order valence-electron chi connectivity index (χ4n) is 2.18. The average Bonchev–Trinajstić information content (AvgIpc) is 2.84. The lowest BCUT2D eigenvalue weighted by Crippen LogP contribution is -2.12. The van der Waals surface area contributed by atoms with Crippen LogP contribution in [0.1, 0.15) is 5.82 Å². The highest BCUT2D eigenvalue weighted by molar-refractivity contribution is 5.95. The van der Waals surface area contributed by atoms with Crippen LogP contribution in [0.4, 0.5) is 0 Å². The van der Waals surface area contributed by atoms with Gasteiger partial charge in [0.2, 0.25) is 18.3 Å². The first-order chi connectivity index (χ1) is 9.17. The van der Waals surface area contributed by atoms with E-state index in [-0.39, 0.29) is 17.7 Å². The van der Waals surface area contributed by atoms with Gasteiger partial charge < -0.3 is 23.9 Å². The van der Waals surface area contributed by atoms with Crippen LogP contribution in [-0.4, -0.2) is 31.0 Å². The molecule has 1 aliphatic heterocycles. The second-order valence-electron chi connectivity index (χ2n) is 4.01. The average molecular weight is 264 g/mol. The fourth-order valence-corrected chi connectivity index (χ4v) is 2.18. The van der Waals surface area contributed by atoms with Gasteiger partial charge in [0, 0.05) is 0 Å². The summed E-state index contributed by atoms with van der Waals surface area (Å²) in [5, 5.41) is 0.286. The molecule has 0 bridgehead atoms. The number of rotatable bonds is 2. The highest BCUT2D eigenvalue weighted by Crippen LogP contribution is 2.51. The van der Waals surface area contributed by atoms with Crippen molar-refractivity contribution in [2.45, 2.75) is 6.92 Å². The van der Waals surface area contributed by atoms with Crippen LogP contribution in [0.25, 0.3) is 10.9 Å². The Morgan fingerprint density at radius 1 is 1.16 bits per heavy atom. The molecule has 0 atom stereocenters. The highest BCUT2D eigenvalue weighted by atomic mass is 16.7. The molecule has 2 heterocycles. The minimum Gasteiger partial charge on any atom is -0.492 e. The maximum absolute atomic E-state index is 12.1. The topological polar surface area (TPSA) is 82.7 Å². The van der Waals surface area contributed by atoms with E-state index in [9.17, 15) is 4.79 Å². The number of nitrogens with zero attached hydrogens (tertiary/aromatic N) is 1. The number of hydrogen-bond donors (Lipinski definition) is 1. The van der Waals surface area contributed by atoms with E-state index >= 15 is 0 Å². The van der Waals surface area contributed by atoms with Gasteiger partial charge in [0.25, 0.3) is 5.56 Å². The number of aromatic nitrogens is 2. The zero-order valence-electron chi connectivity index (χ0n) is 10.7. The molecule has 0 amide bonds. The predicted octanol–water partition coefficient (Wildman–Crippen LogP) is 0.977. The molecule has 100 valence electrons. The van der Waals surface area contributed by atoms with E-state index in [0.29, 0.717) is 34.3 Å². The van der Waals surface area contributed by atoms with Crippen molar-refractivity contribution in [1.29, 1.82) is 0 Å². The molecule has 0 saturated carbocycles. The minimum absolute atomic E-state index is 0.0509. The van der Waals surface area contributed by atoms with Crippen LogP contribution in [0.15, 0.2) is 4.79 Å². The molecule has 0 aliphatic carbocycles. The van der Waals surface area contributed by atoms with Gasteiger partial charge in [-0.05, 0) is 6.92 Å². The van der Waals surface area contributed by atoms with Gasteiger partial charge in [-0.1, -0.05) is 0 Å². The van der Waals surface area contributed by atoms with Crippen molar-refractivity contribution in [1.82, 2.24) is 9.97 Å². The Bertz CT molecular complexity index is 722. The number of ether oxygens (including phenoxy) is 4. The number of benzene rings is 1. The number of nitrogens with one attached hydrogen (secondary N) is 1. The van der Waals surface area contributed by atoms with Crippen molar-refractivity contribution in [3.05, 3.63) is 16.2 Å². The first kappa shape index (κ1) is 11.6. The maximum atomic E-state index is 12.1. The van der Waals surface area contributed by atoms with Crippen molar-refractivity contribution < 1.29 is 18.9 Å². The molecule has 0 saturated heterocycles. The van der Waals surface area contributed by atoms with Crippen LogP contribution in [0.5, 0.6) is 23.0 Å². The van der Waals surface area contributed by atoms with Crippen LogP contribution in [0.2, 0.25) is 0 Å². The molecule has 1 N–H and O–H groups in total. The van der Waals surface area contributed by atoms with E-state index < -0.39 is 0 Å². The maximum Gasteiger partial charge on any atom is 0.262 e. The van der Waals surface area contributed by atoms with Gasteiger partial charge in [0.1, 0.15) is 16.7 Å². The molecule has 0 fully saturated rings. The van der Waals surface area contributed by atoms with Gasteiger partial charge in [-0.2, -0.15) is 0 Å². The third kappa shape index (κ3) is 1.51. The summed E-state index contributed by atoms with van der Waals surface area (Å²) >= 11 is 0. The standard InChI is InChI=1S/C12H12N2O5/c1-5-13-7-6(12(15)14-5)8(16-2)10-11(9(7)17-3)19-4-18-10/h4H2,1-3H3,(H,13,14,15).